The van der Waals surface area contributed by atoms with Crippen molar-refractivity contribution in [1.82, 2.24) is 10.6 Å². The topological polar surface area (TPSA) is 70.7 Å². The van der Waals surface area contributed by atoms with Gasteiger partial charge in [-0.3, -0.25) is 9.59 Å². The van der Waals surface area contributed by atoms with E-state index >= 15 is 0 Å². The third-order valence-electron chi connectivity index (χ3n) is 5.69. The molecule has 0 spiro atoms. The third-order valence-corrected chi connectivity index (χ3v) is 5.69. The van der Waals surface area contributed by atoms with Crippen molar-refractivity contribution < 1.29 is 14.3 Å². The quantitative estimate of drug-likeness (QED) is 0.837. The number of halogens is 1. The summed E-state index contributed by atoms with van der Waals surface area (Å²) in [6, 6.07) is 8.77. The molecule has 3 atom stereocenters. The molecule has 3 unspecified atom stereocenters. The first-order valence-corrected chi connectivity index (χ1v) is 9.14. The molecule has 0 aliphatic carbocycles. The highest BCUT2D eigenvalue weighted by Crippen LogP contribution is 2.33. The standard InChI is InChI=1S/C19H25N3O3.ClH/c1-25-17-5-3-2-4-16(17)22-11-12(8-18(22)23)19(24)21-15-9-13-6-7-14(10-15)20-13;/h2-5,12-15,20H,6-11H2,1H3,(H,21,24);1H. The van der Waals surface area contributed by atoms with Crippen LogP contribution in [-0.2, 0) is 9.59 Å². The van der Waals surface area contributed by atoms with Gasteiger partial charge in [-0.15, -0.1) is 12.4 Å². The number of hydrogen-bond acceptors (Lipinski definition) is 4. The highest BCUT2D eigenvalue weighted by molar-refractivity contribution is 6.01. The van der Waals surface area contributed by atoms with Gasteiger partial charge in [-0.05, 0) is 37.8 Å². The van der Waals surface area contributed by atoms with Gasteiger partial charge in [0.2, 0.25) is 11.8 Å². The predicted molar refractivity (Wildman–Crippen MR) is 102 cm³/mol. The van der Waals surface area contributed by atoms with Crippen LogP contribution < -0.4 is 20.3 Å². The van der Waals surface area contributed by atoms with Gasteiger partial charge in [-0.2, -0.15) is 0 Å². The number of nitrogens with one attached hydrogen (secondary N) is 2. The average Bonchev–Trinajstić information content (AvgIpc) is 3.17. The van der Waals surface area contributed by atoms with Crippen LogP contribution in [0, 0.1) is 5.92 Å². The predicted octanol–water partition coefficient (Wildman–Crippen LogP) is 1.87. The van der Waals surface area contributed by atoms with Crippen molar-refractivity contribution in [2.24, 2.45) is 5.92 Å². The minimum atomic E-state index is -0.287. The Balaban J connectivity index is 0.00000196. The lowest BCUT2D eigenvalue weighted by molar-refractivity contribution is -0.127. The summed E-state index contributed by atoms with van der Waals surface area (Å²) >= 11 is 0. The molecule has 4 rings (SSSR count). The molecule has 7 heteroatoms. The number of benzene rings is 1. The smallest absolute Gasteiger partial charge is 0.227 e. The van der Waals surface area contributed by atoms with Crippen LogP contribution in [0.4, 0.5) is 5.69 Å². The molecule has 142 valence electrons. The Morgan fingerprint density at radius 3 is 2.62 bits per heavy atom. The van der Waals surface area contributed by atoms with Crippen LogP contribution in [0.5, 0.6) is 5.75 Å². The van der Waals surface area contributed by atoms with Crippen molar-refractivity contribution in [3.05, 3.63) is 24.3 Å². The van der Waals surface area contributed by atoms with Crippen molar-refractivity contribution in [2.45, 2.75) is 50.2 Å². The summed E-state index contributed by atoms with van der Waals surface area (Å²) in [7, 11) is 1.59. The number of anilines is 1. The first-order chi connectivity index (χ1) is 12.1. The Kier molecular flexibility index (Phi) is 5.73. The fraction of sp³-hybridized carbons (Fsp3) is 0.579. The van der Waals surface area contributed by atoms with Crippen LogP contribution in [0.3, 0.4) is 0 Å². The van der Waals surface area contributed by atoms with Gasteiger partial charge in [-0.25, -0.2) is 0 Å². The van der Waals surface area contributed by atoms with Gasteiger partial charge in [0.05, 0.1) is 18.7 Å². The molecular formula is C19H26ClN3O3. The van der Waals surface area contributed by atoms with Crippen LogP contribution >= 0.6 is 12.4 Å². The van der Waals surface area contributed by atoms with Crippen molar-refractivity contribution in [3.63, 3.8) is 0 Å². The minimum absolute atomic E-state index is 0. The van der Waals surface area contributed by atoms with Gasteiger partial charge in [0, 0.05) is 31.1 Å². The Labute approximate surface area is 160 Å². The summed E-state index contributed by atoms with van der Waals surface area (Å²) in [4.78, 5) is 26.8. The zero-order valence-electron chi connectivity index (χ0n) is 14.9. The van der Waals surface area contributed by atoms with Gasteiger partial charge in [0.15, 0.2) is 0 Å². The highest BCUT2D eigenvalue weighted by atomic mass is 35.5. The number of nitrogens with zero attached hydrogens (tertiary/aromatic N) is 1. The first kappa shape index (κ1) is 19.0. The van der Waals surface area contributed by atoms with E-state index in [1.54, 1.807) is 12.0 Å². The summed E-state index contributed by atoms with van der Waals surface area (Å²) in [5, 5.41) is 6.78. The molecule has 6 nitrogen and oxygen atoms in total. The number of hydrogen-bond donors (Lipinski definition) is 2. The van der Waals surface area contributed by atoms with E-state index in [2.05, 4.69) is 10.6 Å². The molecule has 3 saturated heterocycles. The van der Waals surface area contributed by atoms with Gasteiger partial charge >= 0.3 is 0 Å². The second-order valence-electron chi connectivity index (χ2n) is 7.39. The van der Waals surface area contributed by atoms with Gasteiger partial charge in [-0.1, -0.05) is 12.1 Å². The number of para-hydroxylation sites is 2. The summed E-state index contributed by atoms with van der Waals surface area (Å²) in [6.45, 7) is 0.420. The van der Waals surface area contributed by atoms with Crippen molar-refractivity contribution in [3.8, 4) is 5.75 Å². The molecule has 2 bridgehead atoms. The molecule has 3 fully saturated rings. The van der Waals surface area contributed by atoms with Crippen LogP contribution in [0.15, 0.2) is 24.3 Å². The van der Waals surface area contributed by atoms with E-state index in [4.69, 9.17) is 4.74 Å². The lowest BCUT2D eigenvalue weighted by Gasteiger charge is -2.30. The Hall–Kier alpha value is -1.79. The molecule has 0 radical (unpaired) electrons. The largest absolute Gasteiger partial charge is 0.495 e. The Morgan fingerprint density at radius 1 is 1.23 bits per heavy atom. The van der Waals surface area contributed by atoms with Crippen molar-refractivity contribution in [2.75, 3.05) is 18.6 Å². The van der Waals surface area contributed by atoms with E-state index in [1.165, 1.54) is 12.8 Å². The number of carbonyl (C=O) groups is 2. The fourth-order valence-electron chi connectivity index (χ4n) is 4.46. The SMILES string of the molecule is COc1ccccc1N1CC(C(=O)NC2CC3CCC(C2)N3)CC1=O.Cl. The van der Waals surface area contributed by atoms with Crippen LogP contribution in [0.1, 0.15) is 32.1 Å². The van der Waals surface area contributed by atoms with Crippen molar-refractivity contribution in [1.29, 1.82) is 0 Å². The summed E-state index contributed by atoms with van der Waals surface area (Å²) < 4.78 is 5.35. The van der Waals surface area contributed by atoms with Crippen LogP contribution in [0.25, 0.3) is 0 Å². The van der Waals surface area contributed by atoms with E-state index in [0.717, 1.165) is 18.5 Å². The van der Waals surface area contributed by atoms with E-state index in [9.17, 15) is 9.59 Å². The monoisotopic (exact) mass is 379 g/mol. The third kappa shape index (κ3) is 3.67. The molecule has 26 heavy (non-hydrogen) atoms. The number of rotatable bonds is 4. The Bertz CT molecular complexity index is 672. The van der Waals surface area contributed by atoms with Crippen molar-refractivity contribution >= 4 is 29.9 Å². The van der Waals surface area contributed by atoms with E-state index < -0.39 is 0 Å². The highest BCUT2D eigenvalue weighted by Gasteiger charge is 2.39. The molecular weight excluding hydrogens is 354 g/mol. The fourth-order valence-corrected chi connectivity index (χ4v) is 4.46. The van der Waals surface area contributed by atoms with E-state index in [1.807, 2.05) is 24.3 Å². The number of methoxy groups -OCH3 is 1. The molecule has 3 aliphatic rings. The average molecular weight is 380 g/mol. The maximum Gasteiger partial charge on any atom is 0.227 e. The van der Waals surface area contributed by atoms with Gasteiger partial charge < -0.3 is 20.3 Å². The maximum absolute atomic E-state index is 12.7. The molecule has 1 aromatic rings. The Morgan fingerprint density at radius 2 is 1.92 bits per heavy atom. The van der Waals surface area contributed by atoms with Gasteiger partial charge in [0.1, 0.15) is 5.75 Å². The molecule has 2 amide bonds. The van der Waals surface area contributed by atoms with E-state index in [-0.39, 0.29) is 42.6 Å². The molecule has 0 saturated carbocycles. The maximum atomic E-state index is 12.7. The zero-order chi connectivity index (χ0) is 17.4. The number of ether oxygens (including phenoxy) is 1. The molecule has 3 heterocycles. The van der Waals surface area contributed by atoms with Crippen LogP contribution in [-0.4, -0.2) is 43.6 Å². The summed E-state index contributed by atoms with van der Waals surface area (Å²) in [5.74, 6) is 0.365. The number of amides is 2. The first-order valence-electron chi connectivity index (χ1n) is 9.14. The molecule has 1 aromatic carbocycles. The lowest BCUT2D eigenvalue weighted by Crippen LogP contribution is -2.49. The number of carbonyl (C=O) groups excluding carboxylic acids is 2. The summed E-state index contributed by atoms with van der Waals surface area (Å²) in [6.07, 6.45) is 4.68. The second-order valence-corrected chi connectivity index (χ2v) is 7.39. The minimum Gasteiger partial charge on any atom is -0.495 e. The molecule has 2 N–H and O–H groups in total. The van der Waals surface area contributed by atoms with Gasteiger partial charge in [0.25, 0.3) is 0 Å². The van der Waals surface area contributed by atoms with E-state index in [0.29, 0.717) is 24.4 Å². The van der Waals surface area contributed by atoms with Crippen LogP contribution in [0.2, 0.25) is 0 Å². The zero-order valence-corrected chi connectivity index (χ0v) is 15.8. The second kappa shape index (κ2) is 7.84. The lowest BCUT2D eigenvalue weighted by atomic mass is 9.98. The number of piperidine rings is 1. The normalized spacial score (nSPS) is 30.0. The molecule has 0 aromatic heterocycles. The summed E-state index contributed by atoms with van der Waals surface area (Å²) in [5.41, 5.74) is 0.741. The number of fused-ring (bicyclic) bond motifs is 2. The molecule has 3 aliphatic heterocycles.